The van der Waals surface area contributed by atoms with Gasteiger partial charge >= 0.3 is 0 Å². The third-order valence-corrected chi connectivity index (χ3v) is 5.31. The van der Waals surface area contributed by atoms with Gasteiger partial charge in [0.25, 0.3) is 0 Å². The van der Waals surface area contributed by atoms with Crippen molar-refractivity contribution < 1.29 is 0 Å². The van der Waals surface area contributed by atoms with E-state index in [0.29, 0.717) is 6.54 Å². The highest BCUT2D eigenvalue weighted by Gasteiger charge is 2.12. The molecule has 1 aromatic carbocycles. The minimum absolute atomic E-state index is 0. The molecule has 1 unspecified atom stereocenters. The van der Waals surface area contributed by atoms with Gasteiger partial charge < -0.3 is 10.6 Å². The second-order valence-corrected chi connectivity index (χ2v) is 7.38. The third-order valence-electron chi connectivity index (χ3n) is 4.07. The molecular formula is C19H24ClIN6S. The van der Waals surface area contributed by atoms with Crippen molar-refractivity contribution in [3.63, 3.8) is 0 Å². The smallest absolute Gasteiger partial charge is 0.191 e. The van der Waals surface area contributed by atoms with Crippen molar-refractivity contribution >= 4 is 58.9 Å². The molecule has 1 atom stereocenters. The first-order valence-electron chi connectivity index (χ1n) is 8.80. The van der Waals surface area contributed by atoms with Crippen molar-refractivity contribution in [2.24, 2.45) is 4.99 Å². The summed E-state index contributed by atoms with van der Waals surface area (Å²) in [5.74, 6) is 1.56. The second kappa shape index (κ2) is 11.5. The lowest BCUT2D eigenvalue weighted by Gasteiger charge is -2.18. The number of fused-ring (bicyclic) bond motifs is 1. The minimum Gasteiger partial charge on any atom is -0.357 e. The number of thioether (sulfide) groups is 1. The number of benzene rings is 1. The maximum absolute atomic E-state index is 6.13. The standard InChI is InChI=1S/C19H23ClN6S.HI/c1-3-21-19(22-12-16(27-2)14-7-6-8-15(20)11-14)23-13-18-25-24-17-9-4-5-10-26(17)18;/h4-11,16H,3,12-13H2,1-2H3,(H2,21,22,23);1H. The largest absolute Gasteiger partial charge is 0.357 e. The van der Waals surface area contributed by atoms with E-state index in [4.69, 9.17) is 11.6 Å². The van der Waals surface area contributed by atoms with Gasteiger partial charge in [0.05, 0.1) is 0 Å². The molecule has 0 fully saturated rings. The van der Waals surface area contributed by atoms with Crippen molar-refractivity contribution in [3.8, 4) is 0 Å². The zero-order chi connectivity index (χ0) is 19.1. The van der Waals surface area contributed by atoms with Gasteiger partial charge in [-0.2, -0.15) is 11.8 Å². The van der Waals surface area contributed by atoms with Crippen molar-refractivity contribution in [2.75, 3.05) is 19.3 Å². The normalized spacial score (nSPS) is 12.5. The van der Waals surface area contributed by atoms with E-state index in [1.54, 1.807) is 11.8 Å². The SMILES string of the molecule is CCNC(=NCc1nnc2ccccn12)NCC(SC)c1cccc(Cl)c1.I. The lowest BCUT2D eigenvalue weighted by Crippen LogP contribution is -2.39. The molecule has 0 radical (unpaired) electrons. The molecular weight excluding hydrogens is 507 g/mol. The molecule has 0 spiro atoms. The summed E-state index contributed by atoms with van der Waals surface area (Å²) in [6.07, 6.45) is 4.04. The van der Waals surface area contributed by atoms with Crippen LogP contribution in [0.3, 0.4) is 0 Å². The second-order valence-electron chi connectivity index (χ2n) is 5.90. The van der Waals surface area contributed by atoms with E-state index in [1.165, 1.54) is 5.56 Å². The Hall–Kier alpha value is -1.52. The first kappa shape index (κ1) is 22.8. The molecule has 2 N–H and O–H groups in total. The molecule has 3 aromatic rings. The quantitative estimate of drug-likeness (QED) is 0.273. The zero-order valence-electron chi connectivity index (χ0n) is 15.8. The fraction of sp³-hybridized carbons (Fsp3) is 0.316. The Morgan fingerprint density at radius 3 is 2.82 bits per heavy atom. The monoisotopic (exact) mass is 530 g/mol. The predicted molar refractivity (Wildman–Crippen MR) is 129 cm³/mol. The van der Waals surface area contributed by atoms with Crippen molar-refractivity contribution in [1.29, 1.82) is 0 Å². The Morgan fingerprint density at radius 2 is 2.07 bits per heavy atom. The summed E-state index contributed by atoms with van der Waals surface area (Å²) in [4.78, 5) is 4.66. The average molecular weight is 531 g/mol. The summed E-state index contributed by atoms with van der Waals surface area (Å²) >= 11 is 7.91. The predicted octanol–water partition coefficient (Wildman–Crippen LogP) is 4.16. The number of rotatable bonds is 7. The molecule has 28 heavy (non-hydrogen) atoms. The highest BCUT2D eigenvalue weighted by Crippen LogP contribution is 2.27. The van der Waals surface area contributed by atoms with E-state index in [9.17, 15) is 0 Å². The van der Waals surface area contributed by atoms with Gasteiger partial charge in [0.15, 0.2) is 17.4 Å². The molecule has 3 rings (SSSR count). The Bertz CT molecular complexity index is 916. The summed E-state index contributed by atoms with van der Waals surface area (Å²) in [6.45, 7) is 4.02. The number of hydrogen-bond donors (Lipinski definition) is 2. The lowest BCUT2D eigenvalue weighted by molar-refractivity contribution is 0.780. The van der Waals surface area contributed by atoms with Crippen LogP contribution < -0.4 is 10.6 Å². The highest BCUT2D eigenvalue weighted by molar-refractivity contribution is 14.0. The molecule has 0 saturated heterocycles. The minimum atomic E-state index is 0. The molecule has 150 valence electrons. The van der Waals surface area contributed by atoms with Gasteiger partial charge in [-0.25, -0.2) is 4.99 Å². The molecule has 0 aliphatic heterocycles. The highest BCUT2D eigenvalue weighted by atomic mass is 127. The van der Waals surface area contributed by atoms with Gasteiger partial charge in [0.1, 0.15) is 6.54 Å². The summed E-state index contributed by atoms with van der Waals surface area (Å²) in [5.41, 5.74) is 2.02. The fourth-order valence-corrected chi connectivity index (χ4v) is 3.59. The molecule has 2 aromatic heterocycles. The number of nitrogens with one attached hydrogen (secondary N) is 2. The molecule has 0 aliphatic carbocycles. The molecule has 0 bridgehead atoms. The van der Waals surface area contributed by atoms with Gasteiger partial charge in [-0.15, -0.1) is 34.2 Å². The van der Waals surface area contributed by atoms with Gasteiger partial charge in [-0.3, -0.25) is 4.40 Å². The Kier molecular flexibility index (Phi) is 9.33. The van der Waals surface area contributed by atoms with Crippen molar-refractivity contribution in [2.45, 2.75) is 18.7 Å². The van der Waals surface area contributed by atoms with E-state index < -0.39 is 0 Å². The van der Waals surface area contributed by atoms with E-state index in [0.717, 1.165) is 35.5 Å². The number of guanidine groups is 1. The topological polar surface area (TPSA) is 66.6 Å². The fourth-order valence-electron chi connectivity index (χ4n) is 2.72. The number of hydrogen-bond acceptors (Lipinski definition) is 4. The van der Waals surface area contributed by atoms with Gasteiger partial charge in [0, 0.05) is 29.6 Å². The number of aromatic nitrogens is 3. The zero-order valence-corrected chi connectivity index (χ0v) is 19.7. The van der Waals surface area contributed by atoms with Crippen LogP contribution in [0.2, 0.25) is 5.02 Å². The van der Waals surface area contributed by atoms with Crippen LogP contribution in [0.15, 0.2) is 53.7 Å². The first-order valence-corrected chi connectivity index (χ1v) is 10.5. The maximum Gasteiger partial charge on any atom is 0.191 e. The molecule has 0 amide bonds. The van der Waals surface area contributed by atoms with Crippen molar-refractivity contribution in [3.05, 3.63) is 65.1 Å². The summed E-state index contributed by atoms with van der Waals surface area (Å²) in [5, 5.41) is 16.1. The van der Waals surface area contributed by atoms with E-state index in [-0.39, 0.29) is 29.2 Å². The Balaban J connectivity index is 0.00000280. The van der Waals surface area contributed by atoms with E-state index >= 15 is 0 Å². The molecule has 0 aliphatic rings. The van der Waals surface area contributed by atoms with Crippen LogP contribution in [0.25, 0.3) is 5.65 Å². The lowest BCUT2D eigenvalue weighted by atomic mass is 10.1. The number of halogens is 2. The first-order chi connectivity index (χ1) is 13.2. The molecule has 2 heterocycles. The Labute approximate surface area is 191 Å². The van der Waals surface area contributed by atoms with Gasteiger partial charge in [-0.05, 0) is 43.0 Å². The van der Waals surface area contributed by atoms with Crippen LogP contribution in [-0.2, 0) is 6.54 Å². The Morgan fingerprint density at radius 1 is 1.21 bits per heavy atom. The van der Waals surface area contributed by atoms with E-state index in [1.807, 2.05) is 53.9 Å². The van der Waals surface area contributed by atoms with Crippen LogP contribution in [-0.4, -0.2) is 39.9 Å². The molecule has 6 nitrogen and oxygen atoms in total. The average Bonchev–Trinajstić information content (AvgIpc) is 3.10. The number of nitrogens with zero attached hydrogens (tertiary/aromatic N) is 4. The van der Waals surface area contributed by atoms with Crippen LogP contribution in [0.4, 0.5) is 0 Å². The maximum atomic E-state index is 6.13. The summed E-state index contributed by atoms with van der Waals surface area (Å²) in [6, 6.07) is 13.8. The third kappa shape index (κ3) is 5.99. The van der Waals surface area contributed by atoms with Crippen LogP contribution >= 0.6 is 47.3 Å². The van der Waals surface area contributed by atoms with Crippen LogP contribution in [0, 0.1) is 0 Å². The van der Waals surface area contributed by atoms with Gasteiger partial charge in [-0.1, -0.05) is 29.8 Å². The van der Waals surface area contributed by atoms with Gasteiger partial charge in [0.2, 0.25) is 0 Å². The summed E-state index contributed by atoms with van der Waals surface area (Å²) < 4.78 is 1.95. The molecule has 9 heteroatoms. The van der Waals surface area contributed by atoms with Crippen LogP contribution in [0.1, 0.15) is 23.6 Å². The van der Waals surface area contributed by atoms with Crippen molar-refractivity contribution in [1.82, 2.24) is 25.2 Å². The van der Waals surface area contributed by atoms with Crippen LogP contribution in [0.5, 0.6) is 0 Å². The molecule has 0 saturated carbocycles. The van der Waals surface area contributed by atoms with E-state index in [2.05, 4.69) is 38.1 Å². The number of pyridine rings is 1. The summed E-state index contributed by atoms with van der Waals surface area (Å²) in [7, 11) is 0. The number of aliphatic imine (C=N–C) groups is 1.